The largest absolute Gasteiger partial charge is 0.312 e. The average Bonchev–Trinajstić information content (AvgIpc) is 3.08. The van der Waals surface area contributed by atoms with Crippen molar-refractivity contribution in [2.24, 2.45) is 11.3 Å². The average molecular weight is 359 g/mol. The molecule has 0 saturated heterocycles. The van der Waals surface area contributed by atoms with Gasteiger partial charge >= 0.3 is 0 Å². The molecular weight excluding hydrogens is 336 g/mol. The van der Waals surface area contributed by atoms with E-state index in [1.165, 1.54) is 16.2 Å². The maximum Gasteiger partial charge on any atom is 0.266 e. The Morgan fingerprint density at radius 1 is 1.42 bits per heavy atom. The summed E-state index contributed by atoms with van der Waals surface area (Å²) in [6, 6.07) is 4.26. The Labute approximate surface area is 151 Å². The van der Waals surface area contributed by atoms with Crippen molar-refractivity contribution < 1.29 is 4.79 Å². The molecule has 0 unspecified atom stereocenters. The smallest absolute Gasteiger partial charge is 0.266 e. The SMILES string of the molecule is Cc1ccsc1C(=O)Nc1sc2c(c1C#N)CC[C@@H](C(C)(C)C)C2. The molecule has 3 rings (SSSR count). The van der Waals surface area contributed by atoms with Crippen LogP contribution in [0.1, 0.15) is 58.4 Å². The molecule has 0 radical (unpaired) electrons. The van der Waals surface area contributed by atoms with Gasteiger partial charge in [0.15, 0.2) is 0 Å². The second-order valence-corrected chi connectivity index (χ2v) is 9.53. The van der Waals surface area contributed by atoms with E-state index < -0.39 is 0 Å². The first kappa shape index (κ1) is 17.2. The zero-order valence-corrected chi connectivity index (χ0v) is 16.2. The standard InChI is InChI=1S/C19H22N2OS2/c1-11-7-8-23-16(11)17(22)21-18-14(10-20)13-6-5-12(19(2,3)4)9-15(13)24-18/h7-8,12H,5-6,9H2,1-4H3,(H,21,22)/t12-/m1/s1. The molecule has 0 aliphatic heterocycles. The van der Waals surface area contributed by atoms with E-state index >= 15 is 0 Å². The monoisotopic (exact) mass is 358 g/mol. The maximum atomic E-state index is 12.5. The molecule has 3 nitrogen and oxygen atoms in total. The molecule has 2 aromatic rings. The predicted octanol–water partition coefficient (Wildman–Crippen LogP) is 5.39. The molecule has 1 amide bonds. The predicted molar refractivity (Wildman–Crippen MR) is 101 cm³/mol. The summed E-state index contributed by atoms with van der Waals surface area (Å²) in [6.45, 7) is 8.78. The molecule has 0 saturated carbocycles. The molecule has 1 N–H and O–H groups in total. The fourth-order valence-corrected chi connectivity index (χ4v) is 5.39. The highest BCUT2D eigenvalue weighted by Crippen LogP contribution is 2.44. The highest BCUT2D eigenvalue weighted by molar-refractivity contribution is 7.17. The molecule has 2 heterocycles. The second-order valence-electron chi connectivity index (χ2n) is 7.51. The first-order valence-electron chi connectivity index (χ1n) is 8.21. The van der Waals surface area contributed by atoms with Crippen LogP contribution in [-0.2, 0) is 12.8 Å². The number of carbonyl (C=O) groups excluding carboxylic acids is 1. The fraction of sp³-hybridized carbons (Fsp3) is 0.474. The lowest BCUT2D eigenvalue weighted by atomic mass is 9.72. The highest BCUT2D eigenvalue weighted by Gasteiger charge is 2.32. The second kappa shape index (κ2) is 6.34. The minimum Gasteiger partial charge on any atom is -0.312 e. The third-order valence-corrected chi connectivity index (χ3v) is 7.08. The molecular formula is C19H22N2OS2. The van der Waals surface area contributed by atoms with Crippen LogP contribution in [0.3, 0.4) is 0 Å². The Morgan fingerprint density at radius 2 is 2.17 bits per heavy atom. The van der Waals surface area contributed by atoms with Crippen LogP contribution in [0.5, 0.6) is 0 Å². The topological polar surface area (TPSA) is 52.9 Å². The Kier molecular flexibility index (Phi) is 4.54. The number of nitriles is 1. The number of rotatable bonds is 2. The number of hydrogen-bond donors (Lipinski definition) is 1. The Hall–Kier alpha value is -1.64. The minimum atomic E-state index is -0.107. The van der Waals surface area contributed by atoms with E-state index in [0.717, 1.165) is 40.3 Å². The molecule has 0 spiro atoms. The molecule has 1 atom stereocenters. The Bertz CT molecular complexity index is 818. The molecule has 0 fully saturated rings. The van der Waals surface area contributed by atoms with Crippen molar-refractivity contribution in [3.8, 4) is 6.07 Å². The molecule has 24 heavy (non-hydrogen) atoms. The summed E-state index contributed by atoms with van der Waals surface area (Å²) in [5.74, 6) is 0.517. The van der Waals surface area contributed by atoms with E-state index in [1.54, 1.807) is 11.3 Å². The third-order valence-electron chi connectivity index (χ3n) is 4.90. The van der Waals surface area contributed by atoms with Gasteiger partial charge in [-0.25, -0.2) is 0 Å². The summed E-state index contributed by atoms with van der Waals surface area (Å²) in [5, 5.41) is 15.2. The van der Waals surface area contributed by atoms with Gasteiger partial charge in [-0.05, 0) is 60.1 Å². The minimum absolute atomic E-state index is 0.107. The van der Waals surface area contributed by atoms with Crippen molar-refractivity contribution >= 4 is 33.6 Å². The zero-order chi connectivity index (χ0) is 17.5. The van der Waals surface area contributed by atoms with Gasteiger partial charge in [0.1, 0.15) is 11.1 Å². The molecule has 126 valence electrons. The lowest BCUT2D eigenvalue weighted by Gasteiger charge is -2.33. The number of nitrogens with zero attached hydrogens (tertiary/aromatic N) is 1. The number of hydrogen-bond acceptors (Lipinski definition) is 4. The van der Waals surface area contributed by atoms with E-state index in [4.69, 9.17) is 0 Å². The first-order chi connectivity index (χ1) is 11.3. The van der Waals surface area contributed by atoms with Crippen LogP contribution in [0.2, 0.25) is 0 Å². The fourth-order valence-electron chi connectivity index (χ4n) is 3.30. The van der Waals surface area contributed by atoms with E-state index in [2.05, 4.69) is 32.2 Å². The van der Waals surface area contributed by atoms with Crippen LogP contribution in [0.15, 0.2) is 11.4 Å². The van der Waals surface area contributed by atoms with Gasteiger partial charge in [0, 0.05) is 4.88 Å². The molecule has 0 aromatic carbocycles. The summed E-state index contributed by atoms with van der Waals surface area (Å²) in [5.41, 5.74) is 3.07. The van der Waals surface area contributed by atoms with E-state index in [0.29, 0.717) is 11.5 Å². The number of carbonyl (C=O) groups is 1. The van der Waals surface area contributed by atoms with E-state index in [1.807, 2.05) is 18.4 Å². The summed E-state index contributed by atoms with van der Waals surface area (Å²) in [4.78, 5) is 14.5. The maximum absolute atomic E-state index is 12.5. The normalized spacial score (nSPS) is 17.2. The van der Waals surface area contributed by atoms with Gasteiger partial charge in [0.05, 0.1) is 10.4 Å². The summed E-state index contributed by atoms with van der Waals surface area (Å²) in [6.07, 6.45) is 3.05. The van der Waals surface area contributed by atoms with Crippen LogP contribution in [0.25, 0.3) is 0 Å². The molecule has 1 aliphatic carbocycles. The molecule has 1 aliphatic rings. The Morgan fingerprint density at radius 3 is 2.75 bits per heavy atom. The Balaban J connectivity index is 1.89. The van der Waals surface area contributed by atoms with Gasteiger partial charge in [0.2, 0.25) is 0 Å². The number of nitrogens with one attached hydrogen (secondary N) is 1. The van der Waals surface area contributed by atoms with E-state index in [-0.39, 0.29) is 11.3 Å². The van der Waals surface area contributed by atoms with Crippen LogP contribution in [0.4, 0.5) is 5.00 Å². The van der Waals surface area contributed by atoms with Crippen LogP contribution in [-0.4, -0.2) is 5.91 Å². The quantitative estimate of drug-likeness (QED) is 0.782. The number of fused-ring (bicyclic) bond motifs is 1. The number of amides is 1. The number of anilines is 1. The lowest BCUT2D eigenvalue weighted by molar-refractivity contribution is 0.103. The van der Waals surface area contributed by atoms with Crippen LogP contribution in [0, 0.1) is 29.6 Å². The summed E-state index contributed by atoms with van der Waals surface area (Å²) >= 11 is 3.03. The first-order valence-corrected chi connectivity index (χ1v) is 9.91. The highest BCUT2D eigenvalue weighted by atomic mass is 32.1. The zero-order valence-electron chi connectivity index (χ0n) is 14.5. The van der Waals surface area contributed by atoms with Crippen molar-refractivity contribution in [2.75, 3.05) is 5.32 Å². The number of aryl methyl sites for hydroxylation is 1. The molecule has 0 bridgehead atoms. The van der Waals surface area contributed by atoms with Crippen molar-refractivity contribution in [3.63, 3.8) is 0 Å². The van der Waals surface area contributed by atoms with Gasteiger partial charge in [0.25, 0.3) is 5.91 Å². The van der Waals surface area contributed by atoms with Gasteiger partial charge in [-0.1, -0.05) is 20.8 Å². The van der Waals surface area contributed by atoms with Gasteiger partial charge in [-0.15, -0.1) is 22.7 Å². The third kappa shape index (κ3) is 3.13. The van der Waals surface area contributed by atoms with E-state index in [9.17, 15) is 10.1 Å². The summed E-state index contributed by atoms with van der Waals surface area (Å²) in [7, 11) is 0. The van der Waals surface area contributed by atoms with Crippen molar-refractivity contribution in [1.29, 1.82) is 5.26 Å². The van der Waals surface area contributed by atoms with Crippen molar-refractivity contribution in [3.05, 3.63) is 37.9 Å². The lowest BCUT2D eigenvalue weighted by Crippen LogP contribution is -2.26. The summed E-state index contributed by atoms with van der Waals surface area (Å²) < 4.78 is 0. The molecule has 2 aromatic heterocycles. The molecule has 5 heteroatoms. The van der Waals surface area contributed by atoms with Gasteiger partial charge in [-0.2, -0.15) is 5.26 Å². The van der Waals surface area contributed by atoms with Crippen LogP contribution >= 0.6 is 22.7 Å². The van der Waals surface area contributed by atoms with Crippen molar-refractivity contribution in [2.45, 2.75) is 47.0 Å². The van der Waals surface area contributed by atoms with Crippen molar-refractivity contribution in [1.82, 2.24) is 0 Å². The van der Waals surface area contributed by atoms with Crippen LogP contribution < -0.4 is 5.32 Å². The number of thiophene rings is 2. The van der Waals surface area contributed by atoms with Gasteiger partial charge in [-0.3, -0.25) is 4.79 Å². The van der Waals surface area contributed by atoms with Gasteiger partial charge < -0.3 is 5.32 Å².